The molecule has 6 nitrogen and oxygen atoms in total. The normalized spacial score (nSPS) is 13.6. The van der Waals surface area contributed by atoms with Crippen LogP contribution in [0.5, 0.6) is 5.75 Å². The van der Waals surface area contributed by atoms with E-state index in [4.69, 9.17) is 4.74 Å². The minimum Gasteiger partial charge on any atom is -0.497 e. The standard InChI is InChI=1S/C25H24IN3O3/c1-32-23-12-4-19(5-13-23)25(31)29-16-14-28(15-17-29)22-10-8-21(9-11-22)27-24(30)18-2-6-20(26)7-3-18/h2-13H,14-17H2,1H3,(H,27,30). The highest BCUT2D eigenvalue weighted by Crippen LogP contribution is 2.21. The molecule has 1 aliphatic rings. The van der Waals surface area contributed by atoms with Gasteiger partial charge in [-0.1, -0.05) is 0 Å². The average molecular weight is 541 g/mol. The summed E-state index contributed by atoms with van der Waals surface area (Å²) >= 11 is 2.22. The van der Waals surface area contributed by atoms with Crippen molar-refractivity contribution in [1.29, 1.82) is 0 Å². The number of carbonyl (C=O) groups excluding carboxylic acids is 2. The minimum atomic E-state index is -0.125. The minimum absolute atomic E-state index is 0.0426. The van der Waals surface area contributed by atoms with Gasteiger partial charge in [0.25, 0.3) is 11.8 Å². The van der Waals surface area contributed by atoms with Crippen molar-refractivity contribution < 1.29 is 14.3 Å². The summed E-state index contributed by atoms with van der Waals surface area (Å²) in [6.07, 6.45) is 0. The van der Waals surface area contributed by atoms with Gasteiger partial charge < -0.3 is 19.9 Å². The number of carbonyl (C=O) groups is 2. The summed E-state index contributed by atoms with van der Waals surface area (Å²) in [5.41, 5.74) is 3.14. The number of piperazine rings is 1. The largest absolute Gasteiger partial charge is 0.497 e. The molecule has 4 rings (SSSR count). The van der Waals surface area contributed by atoms with Gasteiger partial charge in [0.05, 0.1) is 7.11 Å². The van der Waals surface area contributed by atoms with E-state index in [0.29, 0.717) is 24.2 Å². The Kier molecular flexibility index (Phi) is 6.94. The number of hydrogen-bond donors (Lipinski definition) is 1. The highest BCUT2D eigenvalue weighted by atomic mass is 127. The Morgan fingerprint density at radius 3 is 2.00 bits per heavy atom. The topological polar surface area (TPSA) is 61.9 Å². The molecule has 1 N–H and O–H groups in total. The SMILES string of the molecule is COc1ccc(C(=O)N2CCN(c3ccc(NC(=O)c4ccc(I)cc4)cc3)CC2)cc1. The van der Waals surface area contributed by atoms with E-state index >= 15 is 0 Å². The first-order valence-corrected chi connectivity index (χ1v) is 11.5. The van der Waals surface area contributed by atoms with Crippen LogP contribution in [0.1, 0.15) is 20.7 Å². The molecular weight excluding hydrogens is 517 g/mol. The fraction of sp³-hybridized carbons (Fsp3) is 0.200. The third-order valence-corrected chi connectivity index (χ3v) is 6.22. The lowest BCUT2D eigenvalue weighted by Crippen LogP contribution is -2.48. The van der Waals surface area contributed by atoms with Crippen molar-refractivity contribution in [2.75, 3.05) is 43.5 Å². The fourth-order valence-electron chi connectivity index (χ4n) is 3.64. The Morgan fingerprint density at radius 1 is 0.812 bits per heavy atom. The molecular formula is C25H24IN3O3. The van der Waals surface area contributed by atoms with Crippen LogP contribution in [-0.4, -0.2) is 50.0 Å². The zero-order valence-corrected chi connectivity index (χ0v) is 19.9. The number of nitrogens with zero attached hydrogens (tertiary/aromatic N) is 2. The van der Waals surface area contributed by atoms with E-state index in [1.54, 1.807) is 19.2 Å². The lowest BCUT2D eigenvalue weighted by Gasteiger charge is -2.36. The molecule has 7 heteroatoms. The number of hydrogen-bond acceptors (Lipinski definition) is 4. The quantitative estimate of drug-likeness (QED) is 0.483. The van der Waals surface area contributed by atoms with E-state index < -0.39 is 0 Å². The lowest BCUT2D eigenvalue weighted by atomic mass is 10.1. The Balaban J connectivity index is 1.32. The van der Waals surface area contributed by atoms with Crippen LogP contribution in [0, 0.1) is 3.57 Å². The van der Waals surface area contributed by atoms with Crippen LogP contribution in [0.4, 0.5) is 11.4 Å². The predicted molar refractivity (Wildman–Crippen MR) is 135 cm³/mol. The number of ether oxygens (including phenoxy) is 1. The molecule has 0 aromatic heterocycles. The van der Waals surface area contributed by atoms with Gasteiger partial charge in [0.1, 0.15) is 5.75 Å². The summed E-state index contributed by atoms with van der Waals surface area (Å²) in [5, 5.41) is 2.93. The van der Waals surface area contributed by atoms with Crippen molar-refractivity contribution >= 4 is 45.8 Å². The fourth-order valence-corrected chi connectivity index (χ4v) is 4.00. The number of anilines is 2. The zero-order chi connectivity index (χ0) is 22.5. The van der Waals surface area contributed by atoms with E-state index in [1.807, 2.05) is 65.6 Å². The van der Waals surface area contributed by atoms with Gasteiger partial charge in [-0.25, -0.2) is 0 Å². The van der Waals surface area contributed by atoms with Crippen LogP contribution >= 0.6 is 22.6 Å². The molecule has 0 saturated carbocycles. The first kappa shape index (κ1) is 22.1. The number of amides is 2. The third-order valence-electron chi connectivity index (χ3n) is 5.50. The summed E-state index contributed by atoms with van der Waals surface area (Å²) < 4.78 is 6.25. The van der Waals surface area contributed by atoms with Gasteiger partial charge in [-0.3, -0.25) is 9.59 Å². The van der Waals surface area contributed by atoms with E-state index in [0.717, 1.165) is 33.8 Å². The maximum absolute atomic E-state index is 12.8. The van der Waals surface area contributed by atoms with E-state index in [1.165, 1.54) is 0 Å². The van der Waals surface area contributed by atoms with E-state index in [-0.39, 0.29) is 11.8 Å². The first-order valence-electron chi connectivity index (χ1n) is 10.4. The highest BCUT2D eigenvalue weighted by molar-refractivity contribution is 14.1. The molecule has 32 heavy (non-hydrogen) atoms. The molecule has 1 aliphatic heterocycles. The van der Waals surface area contributed by atoms with Crippen LogP contribution in [0.3, 0.4) is 0 Å². The van der Waals surface area contributed by atoms with Crippen molar-refractivity contribution in [1.82, 2.24) is 4.90 Å². The van der Waals surface area contributed by atoms with Crippen LogP contribution in [0.2, 0.25) is 0 Å². The van der Waals surface area contributed by atoms with Crippen molar-refractivity contribution in [3.63, 3.8) is 0 Å². The Labute approximate surface area is 201 Å². The molecule has 3 aromatic carbocycles. The second-order valence-electron chi connectivity index (χ2n) is 7.52. The van der Waals surface area contributed by atoms with Crippen LogP contribution in [0.15, 0.2) is 72.8 Å². The molecule has 0 bridgehead atoms. The monoisotopic (exact) mass is 541 g/mol. The lowest BCUT2D eigenvalue weighted by molar-refractivity contribution is 0.0746. The second kappa shape index (κ2) is 10.0. The number of halogens is 1. The van der Waals surface area contributed by atoms with Crippen LogP contribution in [-0.2, 0) is 0 Å². The predicted octanol–water partition coefficient (Wildman–Crippen LogP) is 4.51. The highest BCUT2D eigenvalue weighted by Gasteiger charge is 2.22. The Hall–Kier alpha value is -3.07. The molecule has 0 radical (unpaired) electrons. The molecule has 3 aromatic rings. The molecule has 1 fully saturated rings. The summed E-state index contributed by atoms with van der Waals surface area (Å²) in [5.74, 6) is 0.658. The average Bonchev–Trinajstić information content (AvgIpc) is 2.84. The van der Waals surface area contributed by atoms with Crippen molar-refractivity contribution in [3.8, 4) is 5.75 Å². The third kappa shape index (κ3) is 5.21. The van der Waals surface area contributed by atoms with Crippen LogP contribution < -0.4 is 15.0 Å². The summed E-state index contributed by atoms with van der Waals surface area (Å²) in [7, 11) is 1.61. The Morgan fingerprint density at radius 2 is 1.41 bits per heavy atom. The Bertz CT molecular complexity index is 1070. The second-order valence-corrected chi connectivity index (χ2v) is 8.76. The van der Waals surface area contributed by atoms with Crippen molar-refractivity contribution in [3.05, 3.63) is 87.5 Å². The maximum atomic E-state index is 12.8. The zero-order valence-electron chi connectivity index (χ0n) is 17.8. The first-order chi connectivity index (χ1) is 15.5. The molecule has 1 saturated heterocycles. The number of methoxy groups -OCH3 is 1. The summed E-state index contributed by atoms with van der Waals surface area (Å²) in [6, 6.07) is 22.5. The number of nitrogens with one attached hydrogen (secondary N) is 1. The molecule has 0 unspecified atom stereocenters. The van der Waals surface area contributed by atoms with Crippen molar-refractivity contribution in [2.45, 2.75) is 0 Å². The van der Waals surface area contributed by atoms with Gasteiger partial charge in [-0.05, 0) is 95.4 Å². The smallest absolute Gasteiger partial charge is 0.255 e. The molecule has 0 atom stereocenters. The molecule has 0 spiro atoms. The van der Waals surface area contributed by atoms with Crippen molar-refractivity contribution in [2.24, 2.45) is 0 Å². The molecule has 1 heterocycles. The number of benzene rings is 3. The van der Waals surface area contributed by atoms with Gasteiger partial charge in [0.2, 0.25) is 0 Å². The van der Waals surface area contributed by atoms with E-state index in [9.17, 15) is 9.59 Å². The van der Waals surface area contributed by atoms with Gasteiger partial charge in [0.15, 0.2) is 0 Å². The van der Waals surface area contributed by atoms with Gasteiger partial charge in [-0.2, -0.15) is 0 Å². The molecule has 0 aliphatic carbocycles. The van der Waals surface area contributed by atoms with Gasteiger partial charge in [-0.15, -0.1) is 0 Å². The molecule has 164 valence electrons. The maximum Gasteiger partial charge on any atom is 0.255 e. The number of rotatable bonds is 5. The van der Waals surface area contributed by atoms with Crippen LogP contribution in [0.25, 0.3) is 0 Å². The summed E-state index contributed by atoms with van der Waals surface area (Å²) in [6.45, 7) is 2.85. The van der Waals surface area contributed by atoms with Gasteiger partial charge >= 0.3 is 0 Å². The van der Waals surface area contributed by atoms with E-state index in [2.05, 4.69) is 32.8 Å². The van der Waals surface area contributed by atoms with Gasteiger partial charge in [0, 0.05) is 52.3 Å². The summed E-state index contributed by atoms with van der Waals surface area (Å²) in [4.78, 5) is 29.3. The molecule has 2 amide bonds.